The van der Waals surface area contributed by atoms with Crippen molar-refractivity contribution < 1.29 is 4.79 Å². The third kappa shape index (κ3) is 3.12. The molecular formula is C15H21ClN4O. The SMILES string of the molecule is Cc1c(Cl)nc(C2CC2)nc1NC(C)C(=O)N1CCCC1. The molecule has 1 N–H and O–H groups in total. The van der Waals surface area contributed by atoms with E-state index in [4.69, 9.17) is 11.6 Å². The monoisotopic (exact) mass is 308 g/mol. The molecule has 21 heavy (non-hydrogen) atoms. The summed E-state index contributed by atoms with van der Waals surface area (Å²) in [4.78, 5) is 23.2. The average Bonchev–Trinajstić information content (AvgIpc) is 3.17. The predicted octanol–water partition coefficient (Wildman–Crippen LogP) is 2.74. The maximum absolute atomic E-state index is 12.4. The van der Waals surface area contributed by atoms with Crippen molar-refractivity contribution >= 4 is 23.3 Å². The van der Waals surface area contributed by atoms with Crippen molar-refractivity contribution in [3.8, 4) is 0 Å². The zero-order valence-electron chi connectivity index (χ0n) is 12.5. The predicted molar refractivity (Wildman–Crippen MR) is 82.7 cm³/mol. The van der Waals surface area contributed by atoms with Gasteiger partial charge in [0.1, 0.15) is 22.8 Å². The number of rotatable bonds is 4. The molecule has 1 aromatic heterocycles. The van der Waals surface area contributed by atoms with Crippen LogP contribution in [0.1, 0.15) is 49.9 Å². The summed E-state index contributed by atoms with van der Waals surface area (Å²) in [7, 11) is 0. The average molecular weight is 309 g/mol. The van der Waals surface area contributed by atoms with Gasteiger partial charge in [-0.05, 0) is 39.5 Å². The minimum atomic E-state index is -0.292. The smallest absolute Gasteiger partial charge is 0.244 e. The molecule has 1 aliphatic carbocycles. The van der Waals surface area contributed by atoms with Gasteiger partial charge in [0.2, 0.25) is 5.91 Å². The van der Waals surface area contributed by atoms with Gasteiger partial charge < -0.3 is 10.2 Å². The summed E-state index contributed by atoms with van der Waals surface area (Å²) in [5.41, 5.74) is 0.808. The summed E-state index contributed by atoms with van der Waals surface area (Å²) < 4.78 is 0. The van der Waals surface area contributed by atoms with Gasteiger partial charge in [-0.25, -0.2) is 9.97 Å². The second-order valence-corrected chi connectivity index (χ2v) is 6.38. The van der Waals surface area contributed by atoms with E-state index in [-0.39, 0.29) is 11.9 Å². The van der Waals surface area contributed by atoms with Gasteiger partial charge in [-0.1, -0.05) is 11.6 Å². The van der Waals surface area contributed by atoms with Crippen LogP contribution in [0.15, 0.2) is 0 Å². The number of likely N-dealkylation sites (tertiary alicyclic amines) is 1. The van der Waals surface area contributed by atoms with Crippen molar-refractivity contribution in [2.45, 2.75) is 51.5 Å². The highest BCUT2D eigenvalue weighted by Crippen LogP contribution is 2.39. The molecule has 1 saturated heterocycles. The number of carbonyl (C=O) groups excluding carboxylic acids is 1. The van der Waals surface area contributed by atoms with Crippen molar-refractivity contribution in [2.75, 3.05) is 18.4 Å². The fraction of sp³-hybridized carbons (Fsp3) is 0.667. The number of anilines is 1. The molecular weight excluding hydrogens is 288 g/mol. The van der Waals surface area contributed by atoms with Crippen molar-refractivity contribution in [1.82, 2.24) is 14.9 Å². The van der Waals surface area contributed by atoms with Gasteiger partial charge in [0.25, 0.3) is 0 Å². The Hall–Kier alpha value is -1.36. The summed E-state index contributed by atoms with van der Waals surface area (Å²) in [5, 5.41) is 3.71. The molecule has 1 unspecified atom stereocenters. The standard InChI is InChI=1S/C15H21ClN4O/c1-9-12(16)18-14(11-5-6-11)19-13(9)17-10(2)15(21)20-7-3-4-8-20/h10-11H,3-8H2,1-2H3,(H,17,18,19). The quantitative estimate of drug-likeness (QED) is 0.869. The maximum Gasteiger partial charge on any atom is 0.244 e. The Labute approximate surface area is 130 Å². The normalized spacial score (nSPS) is 19.7. The number of amides is 1. The molecule has 1 atom stereocenters. The van der Waals surface area contributed by atoms with Gasteiger partial charge in [-0.15, -0.1) is 0 Å². The summed E-state index contributed by atoms with van der Waals surface area (Å²) in [6.07, 6.45) is 4.45. The summed E-state index contributed by atoms with van der Waals surface area (Å²) in [6, 6.07) is -0.292. The van der Waals surface area contributed by atoms with Crippen LogP contribution in [0.4, 0.5) is 5.82 Å². The van der Waals surface area contributed by atoms with Crippen molar-refractivity contribution in [1.29, 1.82) is 0 Å². The first-order chi connectivity index (χ1) is 10.1. The molecule has 0 radical (unpaired) electrons. The first-order valence-electron chi connectivity index (χ1n) is 7.65. The molecule has 2 fully saturated rings. The molecule has 0 aromatic carbocycles. The number of aromatic nitrogens is 2. The Bertz CT molecular complexity index is 553. The summed E-state index contributed by atoms with van der Waals surface area (Å²) in [6.45, 7) is 5.49. The topological polar surface area (TPSA) is 58.1 Å². The van der Waals surface area contributed by atoms with E-state index in [1.165, 1.54) is 0 Å². The van der Waals surface area contributed by atoms with Crippen LogP contribution in [0.3, 0.4) is 0 Å². The lowest BCUT2D eigenvalue weighted by atomic mass is 10.2. The Balaban J connectivity index is 1.75. The van der Waals surface area contributed by atoms with E-state index >= 15 is 0 Å². The van der Waals surface area contributed by atoms with Crippen LogP contribution in [0.25, 0.3) is 0 Å². The molecule has 0 bridgehead atoms. The van der Waals surface area contributed by atoms with Crippen LogP contribution in [0, 0.1) is 6.92 Å². The number of nitrogens with zero attached hydrogens (tertiary/aromatic N) is 3. The zero-order chi connectivity index (χ0) is 15.0. The molecule has 6 heteroatoms. The molecule has 5 nitrogen and oxygen atoms in total. The maximum atomic E-state index is 12.4. The lowest BCUT2D eigenvalue weighted by Gasteiger charge is -2.22. The Kier molecular flexibility index (Phi) is 4.02. The van der Waals surface area contributed by atoms with E-state index in [0.29, 0.717) is 16.9 Å². The zero-order valence-corrected chi connectivity index (χ0v) is 13.3. The molecule has 2 aliphatic rings. The fourth-order valence-electron chi connectivity index (χ4n) is 2.65. The van der Waals surface area contributed by atoms with E-state index < -0.39 is 0 Å². The Morgan fingerprint density at radius 1 is 1.33 bits per heavy atom. The van der Waals surface area contributed by atoms with Gasteiger partial charge in [-0.3, -0.25) is 4.79 Å². The number of nitrogens with one attached hydrogen (secondary N) is 1. The largest absolute Gasteiger partial charge is 0.358 e. The molecule has 1 saturated carbocycles. The molecule has 2 heterocycles. The van der Waals surface area contributed by atoms with E-state index in [9.17, 15) is 4.79 Å². The van der Waals surface area contributed by atoms with E-state index in [1.54, 1.807) is 0 Å². The highest BCUT2D eigenvalue weighted by atomic mass is 35.5. The summed E-state index contributed by atoms with van der Waals surface area (Å²) in [5.74, 6) is 2.06. The molecule has 1 aromatic rings. The van der Waals surface area contributed by atoms with Gasteiger partial charge in [0.15, 0.2) is 0 Å². The minimum absolute atomic E-state index is 0.134. The van der Waals surface area contributed by atoms with E-state index in [1.807, 2.05) is 18.7 Å². The third-order valence-corrected chi connectivity index (χ3v) is 4.56. The highest BCUT2D eigenvalue weighted by Gasteiger charge is 2.29. The van der Waals surface area contributed by atoms with Gasteiger partial charge in [0.05, 0.1) is 0 Å². The third-order valence-electron chi connectivity index (χ3n) is 4.19. The lowest BCUT2D eigenvalue weighted by molar-refractivity contribution is -0.130. The van der Waals surface area contributed by atoms with Crippen LogP contribution in [0.2, 0.25) is 5.15 Å². The van der Waals surface area contributed by atoms with Crippen molar-refractivity contribution in [2.24, 2.45) is 0 Å². The number of carbonyl (C=O) groups is 1. The number of hydrogen-bond acceptors (Lipinski definition) is 4. The molecule has 1 amide bonds. The first-order valence-corrected chi connectivity index (χ1v) is 8.03. The summed E-state index contributed by atoms with van der Waals surface area (Å²) >= 11 is 6.19. The first kappa shape index (κ1) is 14.6. The van der Waals surface area contributed by atoms with Gasteiger partial charge >= 0.3 is 0 Å². The van der Waals surface area contributed by atoms with Gasteiger partial charge in [0, 0.05) is 24.6 Å². The van der Waals surface area contributed by atoms with Crippen LogP contribution in [-0.4, -0.2) is 39.9 Å². The minimum Gasteiger partial charge on any atom is -0.358 e. The van der Waals surface area contributed by atoms with E-state index in [2.05, 4.69) is 15.3 Å². The molecule has 114 valence electrons. The van der Waals surface area contributed by atoms with Crippen LogP contribution >= 0.6 is 11.6 Å². The molecule has 1 aliphatic heterocycles. The van der Waals surface area contributed by atoms with Gasteiger partial charge in [-0.2, -0.15) is 0 Å². The van der Waals surface area contributed by atoms with Crippen LogP contribution in [-0.2, 0) is 4.79 Å². The number of hydrogen-bond donors (Lipinski definition) is 1. The highest BCUT2D eigenvalue weighted by molar-refractivity contribution is 6.30. The van der Waals surface area contributed by atoms with Crippen molar-refractivity contribution in [3.05, 3.63) is 16.5 Å². The Morgan fingerprint density at radius 3 is 2.62 bits per heavy atom. The van der Waals surface area contributed by atoms with Crippen LogP contribution in [0.5, 0.6) is 0 Å². The Morgan fingerprint density at radius 2 is 2.00 bits per heavy atom. The van der Waals surface area contributed by atoms with Crippen LogP contribution < -0.4 is 5.32 Å². The number of halogens is 1. The fourth-order valence-corrected chi connectivity index (χ4v) is 2.82. The second kappa shape index (κ2) is 5.79. The lowest BCUT2D eigenvalue weighted by Crippen LogP contribution is -2.40. The van der Waals surface area contributed by atoms with Crippen molar-refractivity contribution in [3.63, 3.8) is 0 Å². The molecule has 0 spiro atoms. The molecule has 3 rings (SSSR count). The second-order valence-electron chi connectivity index (χ2n) is 6.02. The van der Waals surface area contributed by atoms with E-state index in [0.717, 1.165) is 50.2 Å².